The van der Waals surface area contributed by atoms with Crippen LogP contribution >= 0.6 is 0 Å². The summed E-state index contributed by atoms with van der Waals surface area (Å²) in [5.41, 5.74) is 8.53. The maximum absolute atomic E-state index is 7.13. The molecule has 0 spiro atoms. The normalized spacial score (nSPS) is 36.2. The van der Waals surface area contributed by atoms with E-state index >= 15 is 0 Å². The average Bonchev–Trinajstić information content (AvgIpc) is 3.73. The molecule has 3 saturated carbocycles. The number of hydrogen-bond acceptors (Lipinski definition) is 5. The number of ether oxygens (including phenoxy) is 1. The smallest absolute Gasteiger partial charge is 0.0862 e. The van der Waals surface area contributed by atoms with Crippen molar-refractivity contribution < 1.29 is 4.74 Å². The molecule has 0 aromatic heterocycles. The highest BCUT2D eigenvalue weighted by molar-refractivity contribution is 5.73. The molecule has 6 aliphatic rings. The molecule has 2 saturated heterocycles. The van der Waals surface area contributed by atoms with E-state index in [0.29, 0.717) is 41.9 Å². The van der Waals surface area contributed by atoms with Crippen LogP contribution in [0.1, 0.15) is 111 Å². The van der Waals surface area contributed by atoms with Gasteiger partial charge in [0.1, 0.15) is 0 Å². The molecular formula is C45H52N4O. The van der Waals surface area contributed by atoms with Crippen LogP contribution < -0.4 is 20.9 Å². The molecule has 0 amide bonds. The first-order valence-electron chi connectivity index (χ1n) is 19.8. The third kappa shape index (κ3) is 5.62. The molecule has 10 unspecified atom stereocenters. The van der Waals surface area contributed by atoms with E-state index < -0.39 is 0 Å². The van der Waals surface area contributed by atoms with Crippen LogP contribution in [0.3, 0.4) is 0 Å². The molecule has 3 heterocycles. The van der Waals surface area contributed by atoms with Crippen LogP contribution in [0.4, 0.5) is 11.4 Å². The van der Waals surface area contributed by atoms with Crippen LogP contribution in [0.15, 0.2) is 109 Å². The summed E-state index contributed by atoms with van der Waals surface area (Å²) in [6.45, 7) is 0. The Hall–Kier alpha value is -3.48. The van der Waals surface area contributed by atoms with Crippen LogP contribution in [0.25, 0.3) is 0 Å². The van der Waals surface area contributed by atoms with Crippen LogP contribution in [-0.4, -0.2) is 24.4 Å². The molecule has 50 heavy (non-hydrogen) atoms. The van der Waals surface area contributed by atoms with Gasteiger partial charge in [-0.2, -0.15) is 0 Å². The first-order valence-corrected chi connectivity index (χ1v) is 19.8. The minimum absolute atomic E-state index is 0.104. The molecule has 5 heteroatoms. The van der Waals surface area contributed by atoms with E-state index in [1.54, 1.807) is 5.56 Å². The first-order chi connectivity index (χ1) is 24.8. The molecule has 0 bridgehead atoms. The van der Waals surface area contributed by atoms with E-state index in [1.165, 1.54) is 85.9 Å². The zero-order valence-corrected chi connectivity index (χ0v) is 29.2. The Morgan fingerprint density at radius 3 is 2.00 bits per heavy atom. The number of hydrogen-bond donors (Lipinski definition) is 3. The summed E-state index contributed by atoms with van der Waals surface area (Å²) in [6, 6.07) is 41.3. The van der Waals surface area contributed by atoms with E-state index in [9.17, 15) is 0 Å². The van der Waals surface area contributed by atoms with Gasteiger partial charge in [-0.25, -0.2) is 0 Å². The lowest BCUT2D eigenvalue weighted by molar-refractivity contribution is -0.0172. The maximum atomic E-state index is 7.13. The number of anilines is 2. The average molecular weight is 665 g/mol. The fourth-order valence-electron chi connectivity index (χ4n) is 11.3. The Labute approximate surface area is 298 Å². The topological polar surface area (TPSA) is 48.6 Å². The summed E-state index contributed by atoms with van der Waals surface area (Å²) < 4.78 is 7.13. The zero-order chi connectivity index (χ0) is 33.0. The molecule has 4 aromatic rings. The molecule has 4 aromatic carbocycles. The minimum atomic E-state index is 0.104. The first kappa shape index (κ1) is 31.3. The van der Waals surface area contributed by atoms with Crippen LogP contribution in [-0.2, 0) is 4.74 Å². The molecule has 10 atom stereocenters. The number of nitrogens with one attached hydrogen (secondary N) is 3. The van der Waals surface area contributed by atoms with Gasteiger partial charge in [-0.3, -0.25) is 16.0 Å². The molecule has 3 aliphatic heterocycles. The maximum Gasteiger partial charge on any atom is 0.0862 e. The number of fused-ring (bicyclic) bond motifs is 6. The number of benzene rings is 4. The van der Waals surface area contributed by atoms with Gasteiger partial charge in [-0.05, 0) is 115 Å². The molecule has 5 fully saturated rings. The summed E-state index contributed by atoms with van der Waals surface area (Å²) in [6.07, 6.45) is 14.0. The molecule has 3 N–H and O–H groups in total. The van der Waals surface area contributed by atoms with E-state index in [2.05, 4.69) is 130 Å². The summed E-state index contributed by atoms with van der Waals surface area (Å²) in [5, 5.41) is 11.8. The predicted octanol–water partition coefficient (Wildman–Crippen LogP) is 9.44. The summed E-state index contributed by atoms with van der Waals surface area (Å²) in [5.74, 6) is 3.23. The fourth-order valence-corrected chi connectivity index (χ4v) is 11.3. The largest absolute Gasteiger partial charge is 0.374 e. The molecule has 3 aliphatic carbocycles. The van der Waals surface area contributed by atoms with Crippen LogP contribution in [0.5, 0.6) is 0 Å². The van der Waals surface area contributed by atoms with Crippen molar-refractivity contribution in [1.29, 1.82) is 0 Å². The Morgan fingerprint density at radius 1 is 0.560 bits per heavy atom. The Bertz CT molecular complexity index is 1730. The predicted molar refractivity (Wildman–Crippen MR) is 201 cm³/mol. The molecule has 258 valence electrons. The van der Waals surface area contributed by atoms with Crippen molar-refractivity contribution in [1.82, 2.24) is 16.0 Å². The fraction of sp³-hybridized carbons (Fsp3) is 0.467. The van der Waals surface area contributed by atoms with E-state index in [1.807, 2.05) is 0 Å². The minimum Gasteiger partial charge on any atom is -0.374 e. The van der Waals surface area contributed by atoms with Crippen molar-refractivity contribution in [2.75, 3.05) is 4.90 Å². The summed E-state index contributed by atoms with van der Waals surface area (Å²) in [7, 11) is 0. The third-order valence-electron chi connectivity index (χ3n) is 13.7. The monoisotopic (exact) mass is 664 g/mol. The van der Waals surface area contributed by atoms with Crippen molar-refractivity contribution in [2.24, 2.45) is 17.8 Å². The standard InChI is InChI=1S/C45H52N4O/c1-3-12-29(13-4-1)43-46-44(30-14-5-2-6-15-30)48-45(47-43)33-23-25-38-37-24-22-32(27-41(37)50-42(38)28-33)31-16-11-17-34(26-31)49-39-20-9-7-18-35(39)36-19-8-10-21-40(36)49/h1-7,9,11-18,20,26,32-33,36-38,40-48H,8,10,19,21-25,27-28H2. The SMILES string of the molecule is c1ccc(C2NC(c3ccccc3)NC(C3CCC4C(C3)OC3CC(c5cccc(N6c7ccccc7C7CCCCC76)c5)CCC34)N2)cc1. The van der Waals surface area contributed by atoms with Crippen LogP contribution in [0, 0.1) is 17.8 Å². The van der Waals surface area contributed by atoms with Gasteiger partial charge in [-0.1, -0.05) is 104 Å². The lowest BCUT2D eigenvalue weighted by Gasteiger charge is -2.45. The highest BCUT2D eigenvalue weighted by atomic mass is 16.5. The lowest BCUT2D eigenvalue weighted by atomic mass is 9.68. The third-order valence-corrected chi connectivity index (χ3v) is 13.7. The highest BCUT2D eigenvalue weighted by Crippen LogP contribution is 2.54. The number of nitrogens with zero attached hydrogens (tertiary/aromatic N) is 1. The number of rotatable bonds is 5. The second-order valence-corrected chi connectivity index (χ2v) is 16.3. The highest BCUT2D eigenvalue weighted by Gasteiger charge is 2.50. The second kappa shape index (κ2) is 13.2. The van der Waals surface area contributed by atoms with Crippen molar-refractivity contribution in [3.05, 3.63) is 131 Å². The Kier molecular flexibility index (Phi) is 8.29. The van der Waals surface area contributed by atoms with E-state index in [4.69, 9.17) is 4.74 Å². The summed E-state index contributed by atoms with van der Waals surface area (Å²) >= 11 is 0. The Morgan fingerprint density at radius 2 is 1.22 bits per heavy atom. The van der Waals surface area contributed by atoms with Gasteiger partial charge >= 0.3 is 0 Å². The summed E-state index contributed by atoms with van der Waals surface area (Å²) in [4.78, 5) is 2.71. The van der Waals surface area contributed by atoms with Gasteiger partial charge in [-0.15, -0.1) is 0 Å². The van der Waals surface area contributed by atoms with E-state index in [0.717, 1.165) is 12.3 Å². The lowest BCUT2D eigenvalue weighted by Crippen LogP contribution is -2.62. The van der Waals surface area contributed by atoms with Gasteiger partial charge < -0.3 is 9.64 Å². The second-order valence-electron chi connectivity index (χ2n) is 16.3. The van der Waals surface area contributed by atoms with Gasteiger partial charge in [0.2, 0.25) is 0 Å². The van der Waals surface area contributed by atoms with Crippen molar-refractivity contribution in [2.45, 2.75) is 113 Å². The zero-order valence-electron chi connectivity index (χ0n) is 29.2. The molecule has 0 radical (unpaired) electrons. The van der Waals surface area contributed by atoms with Crippen LogP contribution in [0.2, 0.25) is 0 Å². The van der Waals surface area contributed by atoms with Gasteiger partial charge in [0.05, 0.1) is 30.7 Å². The number of para-hydroxylation sites is 1. The van der Waals surface area contributed by atoms with Gasteiger partial charge in [0.25, 0.3) is 0 Å². The molecule has 5 nitrogen and oxygen atoms in total. The van der Waals surface area contributed by atoms with Gasteiger partial charge in [0, 0.05) is 23.3 Å². The van der Waals surface area contributed by atoms with Crippen molar-refractivity contribution in [3.8, 4) is 0 Å². The van der Waals surface area contributed by atoms with E-state index in [-0.39, 0.29) is 18.5 Å². The molecular weight excluding hydrogens is 613 g/mol. The quantitative estimate of drug-likeness (QED) is 0.199. The van der Waals surface area contributed by atoms with Crippen molar-refractivity contribution >= 4 is 11.4 Å². The molecule has 10 rings (SSSR count). The van der Waals surface area contributed by atoms with Crippen molar-refractivity contribution in [3.63, 3.8) is 0 Å². The Balaban J connectivity index is 0.840. The van der Waals surface area contributed by atoms with Gasteiger partial charge in [0.15, 0.2) is 0 Å².